The lowest BCUT2D eigenvalue weighted by Gasteiger charge is -2.36. The van der Waals surface area contributed by atoms with E-state index in [1.54, 1.807) is 0 Å². The van der Waals surface area contributed by atoms with Crippen molar-refractivity contribution in [3.05, 3.63) is 42.1 Å². The fourth-order valence-corrected chi connectivity index (χ4v) is 3.44. The zero-order valence-corrected chi connectivity index (χ0v) is 12.6. The number of hydrogen-bond acceptors (Lipinski definition) is 3. The number of fused-ring (bicyclic) bond motifs is 1. The SMILES string of the molecule is CCCC1(C(=O)c2ccc3ccccc3n2)CCNCC1. The lowest BCUT2D eigenvalue weighted by molar-refractivity contribution is 0.0699. The molecule has 1 N–H and O–H groups in total. The molecule has 3 heteroatoms. The van der Waals surface area contributed by atoms with Gasteiger partial charge in [0.05, 0.1) is 5.52 Å². The predicted molar refractivity (Wildman–Crippen MR) is 85.5 cm³/mol. The molecule has 0 unspecified atom stereocenters. The number of pyridine rings is 1. The highest BCUT2D eigenvalue weighted by molar-refractivity contribution is 6.00. The standard InChI is InChI=1S/C18H22N2O/c1-2-9-18(10-12-19-13-11-18)17(21)16-8-7-14-5-3-4-6-15(14)20-16/h3-8,19H,2,9-13H2,1H3. The number of piperidine rings is 1. The first-order chi connectivity index (χ1) is 10.2. The van der Waals surface area contributed by atoms with Crippen LogP contribution in [0.1, 0.15) is 43.1 Å². The first kappa shape index (κ1) is 14.2. The minimum absolute atomic E-state index is 0.213. The van der Waals surface area contributed by atoms with Crippen LogP contribution in [-0.2, 0) is 0 Å². The Morgan fingerprint density at radius 1 is 1.19 bits per heavy atom. The summed E-state index contributed by atoms with van der Waals surface area (Å²) in [5.74, 6) is 0.233. The van der Waals surface area contributed by atoms with E-state index in [0.29, 0.717) is 5.69 Å². The Balaban J connectivity index is 1.97. The van der Waals surface area contributed by atoms with Crippen molar-refractivity contribution in [2.45, 2.75) is 32.6 Å². The Labute approximate surface area is 125 Å². The summed E-state index contributed by atoms with van der Waals surface area (Å²) in [4.78, 5) is 17.7. The second-order valence-electron chi connectivity index (χ2n) is 6.00. The third kappa shape index (κ3) is 2.70. The number of nitrogens with zero attached hydrogens (tertiary/aromatic N) is 1. The largest absolute Gasteiger partial charge is 0.317 e. The highest BCUT2D eigenvalue weighted by Crippen LogP contribution is 2.37. The van der Waals surface area contributed by atoms with E-state index in [2.05, 4.69) is 17.2 Å². The molecule has 0 atom stereocenters. The molecular formula is C18H22N2O. The number of Topliss-reactive ketones (excluding diaryl/α,β-unsaturated/α-hetero) is 1. The number of ketones is 1. The van der Waals surface area contributed by atoms with Gasteiger partial charge in [0, 0.05) is 10.8 Å². The van der Waals surface area contributed by atoms with Crippen molar-refractivity contribution in [1.29, 1.82) is 0 Å². The van der Waals surface area contributed by atoms with E-state index in [9.17, 15) is 4.79 Å². The fraction of sp³-hybridized carbons (Fsp3) is 0.444. The maximum atomic E-state index is 13.1. The van der Waals surface area contributed by atoms with Gasteiger partial charge in [0.25, 0.3) is 0 Å². The number of rotatable bonds is 4. The number of benzene rings is 1. The zero-order valence-electron chi connectivity index (χ0n) is 12.6. The smallest absolute Gasteiger partial charge is 0.187 e. The molecule has 1 aliphatic heterocycles. The molecule has 2 heterocycles. The summed E-state index contributed by atoms with van der Waals surface area (Å²) in [5.41, 5.74) is 1.32. The first-order valence-electron chi connectivity index (χ1n) is 7.86. The monoisotopic (exact) mass is 282 g/mol. The molecule has 0 radical (unpaired) electrons. The molecule has 1 aromatic heterocycles. The van der Waals surface area contributed by atoms with Gasteiger partial charge in [-0.2, -0.15) is 0 Å². The summed E-state index contributed by atoms with van der Waals surface area (Å²) >= 11 is 0. The molecule has 0 aliphatic carbocycles. The second kappa shape index (κ2) is 5.94. The summed E-state index contributed by atoms with van der Waals surface area (Å²) in [7, 11) is 0. The average Bonchev–Trinajstić information content (AvgIpc) is 2.55. The van der Waals surface area contributed by atoms with Gasteiger partial charge >= 0.3 is 0 Å². The van der Waals surface area contributed by atoms with Crippen molar-refractivity contribution in [2.24, 2.45) is 5.41 Å². The van der Waals surface area contributed by atoms with E-state index in [4.69, 9.17) is 0 Å². The number of carbonyl (C=O) groups excluding carboxylic acids is 1. The Bertz CT molecular complexity index is 639. The average molecular weight is 282 g/mol. The number of hydrogen-bond donors (Lipinski definition) is 1. The zero-order chi connectivity index (χ0) is 14.7. The van der Waals surface area contributed by atoms with Gasteiger partial charge in [-0.15, -0.1) is 0 Å². The van der Waals surface area contributed by atoms with E-state index in [0.717, 1.165) is 49.7 Å². The highest BCUT2D eigenvalue weighted by atomic mass is 16.1. The van der Waals surface area contributed by atoms with Crippen LogP contribution in [0.5, 0.6) is 0 Å². The van der Waals surface area contributed by atoms with Crippen molar-refractivity contribution < 1.29 is 4.79 Å². The van der Waals surface area contributed by atoms with E-state index in [-0.39, 0.29) is 11.2 Å². The molecule has 2 aromatic rings. The Hall–Kier alpha value is -1.74. The number of para-hydroxylation sites is 1. The normalized spacial score (nSPS) is 17.8. The van der Waals surface area contributed by atoms with Gasteiger partial charge in [-0.3, -0.25) is 4.79 Å². The van der Waals surface area contributed by atoms with Crippen LogP contribution in [-0.4, -0.2) is 23.9 Å². The lowest BCUT2D eigenvalue weighted by atomic mass is 9.71. The summed E-state index contributed by atoms with van der Waals surface area (Å²) < 4.78 is 0. The van der Waals surface area contributed by atoms with Crippen molar-refractivity contribution in [3.63, 3.8) is 0 Å². The van der Waals surface area contributed by atoms with Crippen molar-refractivity contribution in [2.75, 3.05) is 13.1 Å². The van der Waals surface area contributed by atoms with E-state index < -0.39 is 0 Å². The van der Waals surface area contributed by atoms with Crippen LogP contribution >= 0.6 is 0 Å². The minimum atomic E-state index is -0.213. The molecule has 3 nitrogen and oxygen atoms in total. The number of nitrogens with one attached hydrogen (secondary N) is 1. The third-order valence-electron chi connectivity index (χ3n) is 4.60. The Morgan fingerprint density at radius 2 is 1.95 bits per heavy atom. The van der Waals surface area contributed by atoms with Crippen LogP contribution in [0.2, 0.25) is 0 Å². The third-order valence-corrected chi connectivity index (χ3v) is 4.60. The second-order valence-corrected chi connectivity index (χ2v) is 6.00. The van der Waals surface area contributed by atoms with Crippen LogP contribution in [0.3, 0.4) is 0 Å². The summed E-state index contributed by atoms with van der Waals surface area (Å²) in [5, 5.41) is 4.45. The maximum Gasteiger partial charge on any atom is 0.187 e. The maximum absolute atomic E-state index is 13.1. The van der Waals surface area contributed by atoms with Gasteiger partial charge in [-0.25, -0.2) is 4.98 Å². The molecule has 1 aromatic carbocycles. The van der Waals surface area contributed by atoms with Crippen LogP contribution in [0, 0.1) is 5.41 Å². The van der Waals surface area contributed by atoms with E-state index >= 15 is 0 Å². The predicted octanol–water partition coefficient (Wildman–Crippen LogP) is 3.59. The molecule has 0 bridgehead atoms. The van der Waals surface area contributed by atoms with Crippen molar-refractivity contribution in [1.82, 2.24) is 10.3 Å². The summed E-state index contributed by atoms with van der Waals surface area (Å²) in [6.07, 6.45) is 3.85. The topological polar surface area (TPSA) is 42.0 Å². The van der Waals surface area contributed by atoms with Gasteiger partial charge in [-0.05, 0) is 44.5 Å². The molecular weight excluding hydrogens is 260 g/mol. The molecule has 21 heavy (non-hydrogen) atoms. The van der Waals surface area contributed by atoms with Gasteiger partial charge in [0.2, 0.25) is 0 Å². The quantitative estimate of drug-likeness (QED) is 0.871. The van der Waals surface area contributed by atoms with Crippen molar-refractivity contribution >= 4 is 16.7 Å². The van der Waals surface area contributed by atoms with Gasteiger partial charge in [0.1, 0.15) is 5.69 Å². The summed E-state index contributed by atoms with van der Waals surface area (Å²) in [6, 6.07) is 11.9. The number of carbonyl (C=O) groups is 1. The fourth-order valence-electron chi connectivity index (χ4n) is 3.44. The molecule has 3 rings (SSSR count). The van der Waals surface area contributed by atoms with Crippen LogP contribution in [0.15, 0.2) is 36.4 Å². The number of aromatic nitrogens is 1. The minimum Gasteiger partial charge on any atom is -0.317 e. The van der Waals surface area contributed by atoms with E-state index in [1.165, 1.54) is 0 Å². The molecule has 0 saturated carbocycles. The Kier molecular flexibility index (Phi) is 4.02. The van der Waals surface area contributed by atoms with Gasteiger partial charge in [0.15, 0.2) is 5.78 Å². The highest BCUT2D eigenvalue weighted by Gasteiger charge is 2.39. The molecule has 0 spiro atoms. The van der Waals surface area contributed by atoms with Crippen molar-refractivity contribution in [3.8, 4) is 0 Å². The van der Waals surface area contributed by atoms with Crippen LogP contribution in [0.25, 0.3) is 10.9 Å². The van der Waals surface area contributed by atoms with Crippen LogP contribution < -0.4 is 5.32 Å². The summed E-state index contributed by atoms with van der Waals surface area (Å²) in [6.45, 7) is 4.02. The lowest BCUT2D eigenvalue weighted by Crippen LogP contribution is -2.42. The molecule has 1 fully saturated rings. The molecule has 0 amide bonds. The Morgan fingerprint density at radius 3 is 2.71 bits per heavy atom. The molecule has 110 valence electrons. The van der Waals surface area contributed by atoms with E-state index in [1.807, 2.05) is 36.4 Å². The molecule has 1 aliphatic rings. The van der Waals surface area contributed by atoms with Crippen LogP contribution in [0.4, 0.5) is 0 Å². The first-order valence-corrected chi connectivity index (χ1v) is 7.86. The molecule has 1 saturated heterocycles. The van der Waals surface area contributed by atoms with Gasteiger partial charge in [-0.1, -0.05) is 37.6 Å². The van der Waals surface area contributed by atoms with Gasteiger partial charge < -0.3 is 5.32 Å².